The summed E-state index contributed by atoms with van der Waals surface area (Å²) in [5.74, 6) is -0.238. The van der Waals surface area contributed by atoms with Gasteiger partial charge in [-0.1, -0.05) is 18.2 Å². The predicted octanol–water partition coefficient (Wildman–Crippen LogP) is 2.54. The normalized spacial score (nSPS) is 18.7. The number of hydrogen-bond acceptors (Lipinski definition) is 2. The zero-order valence-electron chi connectivity index (χ0n) is 11.4. The average Bonchev–Trinajstić information content (AvgIpc) is 2.39. The van der Waals surface area contributed by atoms with Crippen molar-refractivity contribution < 1.29 is 18.0 Å². The first-order chi connectivity index (χ1) is 9.45. The first-order valence-corrected chi connectivity index (χ1v) is 6.61. The highest BCUT2D eigenvalue weighted by atomic mass is 35.5. The highest BCUT2D eigenvalue weighted by Crippen LogP contribution is 2.29. The maximum absolute atomic E-state index is 12.6. The van der Waals surface area contributed by atoms with Gasteiger partial charge in [0.25, 0.3) is 0 Å². The van der Waals surface area contributed by atoms with Gasteiger partial charge < -0.3 is 10.6 Å². The van der Waals surface area contributed by atoms with E-state index in [0.29, 0.717) is 12.1 Å². The Morgan fingerprint density at radius 2 is 2.14 bits per heavy atom. The molecule has 0 aromatic heterocycles. The second-order valence-corrected chi connectivity index (χ2v) is 4.99. The molecule has 1 aromatic carbocycles. The lowest BCUT2D eigenvalue weighted by molar-refractivity contribution is -0.137. The molecule has 118 valence electrons. The van der Waals surface area contributed by atoms with Crippen molar-refractivity contribution in [3.8, 4) is 0 Å². The lowest BCUT2D eigenvalue weighted by Crippen LogP contribution is -2.46. The van der Waals surface area contributed by atoms with Gasteiger partial charge in [-0.3, -0.25) is 4.79 Å². The molecule has 2 N–H and O–H groups in total. The number of benzene rings is 1. The SMILES string of the molecule is Cl.O=C(Cc1cccc(C(F)(F)F)c1)NC1CCCNC1. The molecule has 1 aliphatic heterocycles. The van der Waals surface area contributed by atoms with E-state index in [9.17, 15) is 18.0 Å². The van der Waals surface area contributed by atoms with Gasteiger partial charge in [-0.25, -0.2) is 0 Å². The lowest BCUT2D eigenvalue weighted by Gasteiger charge is -2.23. The number of halogens is 4. The molecule has 3 nitrogen and oxygen atoms in total. The molecule has 2 rings (SSSR count). The molecule has 1 heterocycles. The topological polar surface area (TPSA) is 41.1 Å². The van der Waals surface area contributed by atoms with Crippen LogP contribution in [0.4, 0.5) is 13.2 Å². The molecule has 1 amide bonds. The molecular formula is C14H18ClF3N2O. The predicted molar refractivity (Wildman–Crippen MR) is 76.4 cm³/mol. The summed E-state index contributed by atoms with van der Waals surface area (Å²) in [7, 11) is 0. The Morgan fingerprint density at radius 1 is 1.38 bits per heavy atom. The molecule has 0 bridgehead atoms. The second-order valence-electron chi connectivity index (χ2n) is 4.99. The molecule has 1 saturated heterocycles. The van der Waals surface area contributed by atoms with E-state index in [2.05, 4.69) is 10.6 Å². The van der Waals surface area contributed by atoms with Gasteiger partial charge in [-0.15, -0.1) is 12.4 Å². The Balaban J connectivity index is 0.00000220. The van der Waals surface area contributed by atoms with Crippen molar-refractivity contribution in [2.24, 2.45) is 0 Å². The van der Waals surface area contributed by atoms with E-state index >= 15 is 0 Å². The van der Waals surface area contributed by atoms with Crippen LogP contribution in [-0.2, 0) is 17.4 Å². The van der Waals surface area contributed by atoms with Crippen LogP contribution in [0, 0.1) is 0 Å². The van der Waals surface area contributed by atoms with Crippen LogP contribution < -0.4 is 10.6 Å². The average molecular weight is 323 g/mol. The summed E-state index contributed by atoms with van der Waals surface area (Å²) in [5.41, 5.74) is -0.344. The smallest absolute Gasteiger partial charge is 0.352 e. The summed E-state index contributed by atoms with van der Waals surface area (Å²) in [4.78, 5) is 11.8. The van der Waals surface area contributed by atoms with Gasteiger partial charge in [0.05, 0.1) is 12.0 Å². The van der Waals surface area contributed by atoms with Crippen LogP contribution in [0.25, 0.3) is 0 Å². The zero-order chi connectivity index (χ0) is 14.6. The Labute approximate surface area is 127 Å². The van der Waals surface area contributed by atoms with Crippen molar-refractivity contribution in [3.05, 3.63) is 35.4 Å². The maximum Gasteiger partial charge on any atom is 0.416 e. The molecule has 7 heteroatoms. The monoisotopic (exact) mass is 322 g/mol. The Bertz CT molecular complexity index is 474. The number of hydrogen-bond donors (Lipinski definition) is 2. The van der Waals surface area contributed by atoms with Crippen LogP contribution in [0.2, 0.25) is 0 Å². The number of carbonyl (C=O) groups excluding carboxylic acids is 1. The molecule has 1 fully saturated rings. The Hall–Kier alpha value is -1.27. The number of alkyl halides is 3. The van der Waals surface area contributed by atoms with E-state index in [0.717, 1.165) is 31.5 Å². The van der Waals surface area contributed by atoms with Crippen LogP contribution in [0.1, 0.15) is 24.0 Å². The van der Waals surface area contributed by atoms with Gasteiger partial charge in [-0.2, -0.15) is 13.2 Å². The minimum Gasteiger partial charge on any atom is -0.352 e. The molecule has 0 aliphatic carbocycles. The highest BCUT2D eigenvalue weighted by molar-refractivity contribution is 5.85. The number of amides is 1. The Kier molecular flexibility index (Phi) is 6.48. The standard InChI is InChI=1S/C14H17F3N2O.ClH/c15-14(16,17)11-4-1-3-10(7-11)8-13(20)19-12-5-2-6-18-9-12;/h1,3-4,7,12,18H,2,5-6,8-9H2,(H,19,20);1H. The maximum atomic E-state index is 12.6. The van der Waals surface area contributed by atoms with Crippen molar-refractivity contribution in [2.45, 2.75) is 31.5 Å². The first kappa shape index (κ1) is 17.8. The third-order valence-electron chi connectivity index (χ3n) is 3.28. The van der Waals surface area contributed by atoms with E-state index in [4.69, 9.17) is 0 Å². The number of carbonyl (C=O) groups is 1. The largest absolute Gasteiger partial charge is 0.416 e. The van der Waals surface area contributed by atoms with Gasteiger partial charge in [0.2, 0.25) is 5.91 Å². The van der Waals surface area contributed by atoms with E-state index in [1.165, 1.54) is 12.1 Å². The van der Waals surface area contributed by atoms with Crippen molar-refractivity contribution in [2.75, 3.05) is 13.1 Å². The first-order valence-electron chi connectivity index (χ1n) is 6.61. The second kappa shape index (κ2) is 7.66. The van der Waals surface area contributed by atoms with Crippen molar-refractivity contribution >= 4 is 18.3 Å². The minimum absolute atomic E-state index is 0. The molecule has 1 aliphatic rings. The fourth-order valence-corrected chi connectivity index (χ4v) is 2.30. The van der Waals surface area contributed by atoms with Gasteiger partial charge in [0.15, 0.2) is 0 Å². The van der Waals surface area contributed by atoms with Gasteiger partial charge in [0.1, 0.15) is 0 Å². The van der Waals surface area contributed by atoms with Crippen LogP contribution >= 0.6 is 12.4 Å². The third kappa shape index (κ3) is 5.55. The number of nitrogens with one attached hydrogen (secondary N) is 2. The molecule has 0 radical (unpaired) electrons. The van der Waals surface area contributed by atoms with E-state index in [1.807, 2.05) is 0 Å². The van der Waals surface area contributed by atoms with E-state index in [-0.39, 0.29) is 30.8 Å². The molecule has 1 unspecified atom stereocenters. The van der Waals surface area contributed by atoms with Crippen molar-refractivity contribution in [1.29, 1.82) is 0 Å². The van der Waals surface area contributed by atoms with Gasteiger partial charge >= 0.3 is 6.18 Å². The number of piperidine rings is 1. The Morgan fingerprint density at radius 3 is 2.76 bits per heavy atom. The summed E-state index contributed by atoms with van der Waals surface area (Å²) in [5, 5.41) is 6.01. The highest BCUT2D eigenvalue weighted by Gasteiger charge is 2.30. The van der Waals surface area contributed by atoms with E-state index in [1.54, 1.807) is 0 Å². The summed E-state index contributed by atoms with van der Waals surface area (Å²) in [6.07, 6.45) is -2.50. The molecular weight excluding hydrogens is 305 g/mol. The molecule has 1 aromatic rings. The van der Waals surface area contributed by atoms with Gasteiger partial charge in [-0.05, 0) is 31.0 Å². The van der Waals surface area contributed by atoms with Crippen LogP contribution in [0.3, 0.4) is 0 Å². The van der Waals surface area contributed by atoms with Crippen LogP contribution in [-0.4, -0.2) is 25.0 Å². The molecule has 0 saturated carbocycles. The van der Waals surface area contributed by atoms with Crippen LogP contribution in [0.5, 0.6) is 0 Å². The molecule has 0 spiro atoms. The quantitative estimate of drug-likeness (QED) is 0.898. The lowest BCUT2D eigenvalue weighted by atomic mass is 10.1. The van der Waals surface area contributed by atoms with Crippen molar-refractivity contribution in [3.63, 3.8) is 0 Å². The third-order valence-corrected chi connectivity index (χ3v) is 3.28. The summed E-state index contributed by atoms with van der Waals surface area (Å²) >= 11 is 0. The van der Waals surface area contributed by atoms with Crippen LogP contribution in [0.15, 0.2) is 24.3 Å². The summed E-state index contributed by atoms with van der Waals surface area (Å²) < 4.78 is 37.7. The minimum atomic E-state index is -4.38. The summed E-state index contributed by atoms with van der Waals surface area (Å²) in [6, 6.07) is 4.97. The fraction of sp³-hybridized carbons (Fsp3) is 0.500. The summed E-state index contributed by atoms with van der Waals surface area (Å²) in [6.45, 7) is 1.66. The fourth-order valence-electron chi connectivity index (χ4n) is 2.30. The molecule has 21 heavy (non-hydrogen) atoms. The van der Waals surface area contributed by atoms with E-state index < -0.39 is 11.7 Å². The van der Waals surface area contributed by atoms with Gasteiger partial charge in [0, 0.05) is 12.6 Å². The molecule has 1 atom stereocenters. The zero-order valence-corrected chi connectivity index (χ0v) is 12.2. The number of rotatable bonds is 3. The van der Waals surface area contributed by atoms with Crippen molar-refractivity contribution in [1.82, 2.24) is 10.6 Å².